The minimum Gasteiger partial charge on any atom is -0.311 e. The number of rotatable bonds is 10. The summed E-state index contributed by atoms with van der Waals surface area (Å²) in [5.74, 6) is 0. The first-order valence-corrected chi connectivity index (χ1v) is 19.3. The standard InChI is InChI=1S/C54H40N4/c1-39-13-27-47(28-14-39)57(45-9-5-3-6-10-45)49-31-19-41(20-32-49)17-23-43-25-35-52-51(53(43)37-55)36-26-44(54(52)38-56)24-18-42-21-33-50(34-22-42)58(46-11-7-4-8-12-46)48-29-15-40(2)16-30-48/h3-36H,1-2H3/b23-17-,24-18-. The summed E-state index contributed by atoms with van der Waals surface area (Å²) in [6.07, 6.45) is 8.00. The molecule has 0 N–H and O–H groups in total. The maximum Gasteiger partial charge on any atom is 0.100 e. The Morgan fingerprint density at radius 2 is 0.655 bits per heavy atom. The number of nitriles is 2. The van der Waals surface area contributed by atoms with Crippen molar-refractivity contribution in [1.29, 1.82) is 10.5 Å². The molecule has 276 valence electrons. The van der Waals surface area contributed by atoms with Gasteiger partial charge in [-0.05, 0) is 109 Å². The summed E-state index contributed by atoms with van der Waals surface area (Å²) < 4.78 is 0. The van der Waals surface area contributed by atoms with E-state index in [2.05, 4.69) is 157 Å². The third-order valence-corrected chi connectivity index (χ3v) is 10.3. The first-order chi connectivity index (χ1) is 28.5. The predicted molar refractivity (Wildman–Crippen MR) is 243 cm³/mol. The van der Waals surface area contributed by atoms with Crippen LogP contribution in [0.1, 0.15) is 44.5 Å². The molecule has 0 aliphatic heterocycles. The van der Waals surface area contributed by atoms with E-state index in [1.165, 1.54) is 11.1 Å². The van der Waals surface area contributed by atoms with Gasteiger partial charge in [-0.1, -0.05) is 145 Å². The topological polar surface area (TPSA) is 54.1 Å². The van der Waals surface area contributed by atoms with Gasteiger partial charge < -0.3 is 9.80 Å². The van der Waals surface area contributed by atoms with E-state index in [1.54, 1.807) is 0 Å². The van der Waals surface area contributed by atoms with Gasteiger partial charge in [0, 0.05) is 44.9 Å². The van der Waals surface area contributed by atoms with Crippen LogP contribution in [0.2, 0.25) is 0 Å². The molecule has 0 unspecified atom stereocenters. The van der Waals surface area contributed by atoms with Crippen LogP contribution in [0.25, 0.3) is 35.1 Å². The van der Waals surface area contributed by atoms with Crippen molar-refractivity contribution in [1.82, 2.24) is 0 Å². The van der Waals surface area contributed by atoms with E-state index >= 15 is 0 Å². The smallest absolute Gasteiger partial charge is 0.100 e. The number of nitrogens with zero attached hydrogens (tertiary/aromatic N) is 4. The molecule has 4 heteroatoms. The monoisotopic (exact) mass is 744 g/mol. The SMILES string of the molecule is Cc1ccc(N(c2ccccc2)c2ccc(/C=C\c3ccc4c(C#N)c(/C=C\c5ccc(N(c6ccccc6)c6ccc(C)cc6)cc5)ccc4c3C#N)cc2)cc1. The number of hydrogen-bond donors (Lipinski definition) is 0. The molecule has 8 aromatic carbocycles. The van der Waals surface area contributed by atoms with Gasteiger partial charge in [0.2, 0.25) is 0 Å². The minimum atomic E-state index is 0.541. The van der Waals surface area contributed by atoms with Crippen molar-refractivity contribution >= 4 is 69.2 Å². The van der Waals surface area contributed by atoms with Crippen LogP contribution in [-0.2, 0) is 0 Å². The second-order valence-corrected chi connectivity index (χ2v) is 14.2. The summed E-state index contributed by atoms with van der Waals surface area (Å²) in [5.41, 5.74) is 13.6. The lowest BCUT2D eigenvalue weighted by atomic mass is 9.93. The summed E-state index contributed by atoms with van der Waals surface area (Å²) in [6.45, 7) is 4.19. The molecule has 0 aromatic heterocycles. The average Bonchev–Trinajstić information content (AvgIpc) is 3.27. The molecule has 8 aromatic rings. The lowest BCUT2D eigenvalue weighted by Crippen LogP contribution is -2.09. The summed E-state index contributed by atoms with van der Waals surface area (Å²) in [4.78, 5) is 4.48. The molecule has 0 saturated carbocycles. The summed E-state index contributed by atoms with van der Waals surface area (Å²) in [7, 11) is 0. The number of aryl methyl sites for hydroxylation is 2. The van der Waals surface area contributed by atoms with Gasteiger partial charge in [-0.2, -0.15) is 10.5 Å². The normalized spacial score (nSPS) is 11.1. The fourth-order valence-corrected chi connectivity index (χ4v) is 7.24. The fourth-order valence-electron chi connectivity index (χ4n) is 7.24. The molecule has 4 nitrogen and oxygen atoms in total. The molecule has 0 radical (unpaired) electrons. The zero-order valence-electron chi connectivity index (χ0n) is 32.4. The Bertz CT molecular complexity index is 2630. The van der Waals surface area contributed by atoms with Gasteiger partial charge in [-0.15, -0.1) is 0 Å². The van der Waals surface area contributed by atoms with E-state index in [9.17, 15) is 10.5 Å². The number of benzene rings is 8. The highest BCUT2D eigenvalue weighted by molar-refractivity contribution is 5.98. The maximum atomic E-state index is 10.4. The van der Waals surface area contributed by atoms with Crippen molar-refractivity contribution < 1.29 is 0 Å². The third-order valence-electron chi connectivity index (χ3n) is 10.3. The van der Waals surface area contributed by atoms with Crippen LogP contribution in [0, 0.1) is 36.5 Å². The molecule has 0 fully saturated rings. The zero-order chi connectivity index (χ0) is 39.8. The van der Waals surface area contributed by atoms with Crippen molar-refractivity contribution in [3.05, 3.63) is 226 Å². The van der Waals surface area contributed by atoms with Crippen LogP contribution in [0.5, 0.6) is 0 Å². The fraction of sp³-hybridized carbons (Fsp3) is 0.0370. The first-order valence-electron chi connectivity index (χ1n) is 19.3. The molecule has 0 bridgehead atoms. The van der Waals surface area contributed by atoms with E-state index in [1.807, 2.05) is 85.0 Å². The largest absolute Gasteiger partial charge is 0.311 e. The Morgan fingerprint density at radius 1 is 0.345 bits per heavy atom. The summed E-state index contributed by atoms with van der Waals surface area (Å²) in [5, 5.41) is 22.2. The highest BCUT2D eigenvalue weighted by atomic mass is 15.1. The average molecular weight is 745 g/mol. The van der Waals surface area contributed by atoms with Crippen LogP contribution in [-0.4, -0.2) is 0 Å². The second-order valence-electron chi connectivity index (χ2n) is 14.2. The van der Waals surface area contributed by atoms with Crippen LogP contribution in [0.3, 0.4) is 0 Å². The lowest BCUT2D eigenvalue weighted by molar-refractivity contribution is 1.27. The van der Waals surface area contributed by atoms with Gasteiger partial charge >= 0.3 is 0 Å². The van der Waals surface area contributed by atoms with Crippen molar-refractivity contribution in [3.63, 3.8) is 0 Å². The molecule has 8 rings (SSSR count). The molecule has 0 heterocycles. The molecule has 0 spiro atoms. The quantitative estimate of drug-likeness (QED) is 0.131. The lowest BCUT2D eigenvalue weighted by Gasteiger charge is -2.25. The van der Waals surface area contributed by atoms with E-state index in [4.69, 9.17) is 0 Å². The maximum absolute atomic E-state index is 10.4. The van der Waals surface area contributed by atoms with Crippen molar-refractivity contribution in [3.8, 4) is 12.1 Å². The third kappa shape index (κ3) is 7.91. The van der Waals surface area contributed by atoms with Gasteiger partial charge in [0.1, 0.15) is 12.1 Å². The van der Waals surface area contributed by atoms with Crippen LogP contribution < -0.4 is 9.80 Å². The molecule has 0 atom stereocenters. The number of anilines is 6. The number of hydrogen-bond acceptors (Lipinski definition) is 4. The molecule has 0 saturated heterocycles. The Morgan fingerprint density at radius 3 is 0.983 bits per heavy atom. The van der Waals surface area contributed by atoms with Gasteiger partial charge in [0.05, 0.1) is 11.1 Å². The Hall–Kier alpha value is -7.92. The van der Waals surface area contributed by atoms with Crippen LogP contribution >= 0.6 is 0 Å². The molecule has 0 aliphatic carbocycles. The van der Waals surface area contributed by atoms with E-state index in [0.29, 0.717) is 11.1 Å². The van der Waals surface area contributed by atoms with E-state index in [-0.39, 0.29) is 0 Å². The number of fused-ring (bicyclic) bond motifs is 1. The molecular weight excluding hydrogens is 705 g/mol. The van der Waals surface area contributed by atoms with E-state index in [0.717, 1.165) is 67.2 Å². The highest BCUT2D eigenvalue weighted by Crippen LogP contribution is 2.37. The van der Waals surface area contributed by atoms with Gasteiger partial charge in [-0.25, -0.2) is 0 Å². The van der Waals surface area contributed by atoms with E-state index < -0.39 is 0 Å². The predicted octanol–water partition coefficient (Wildman–Crippen LogP) is 14.5. The Kier molecular flexibility index (Phi) is 10.8. The highest BCUT2D eigenvalue weighted by Gasteiger charge is 2.15. The van der Waals surface area contributed by atoms with Crippen molar-refractivity contribution in [2.45, 2.75) is 13.8 Å². The van der Waals surface area contributed by atoms with Crippen LogP contribution in [0.15, 0.2) is 182 Å². The molecule has 58 heavy (non-hydrogen) atoms. The van der Waals surface area contributed by atoms with Crippen LogP contribution in [0.4, 0.5) is 34.1 Å². The van der Waals surface area contributed by atoms with Gasteiger partial charge in [0.15, 0.2) is 0 Å². The van der Waals surface area contributed by atoms with Crippen molar-refractivity contribution in [2.24, 2.45) is 0 Å². The van der Waals surface area contributed by atoms with Gasteiger partial charge in [0.25, 0.3) is 0 Å². The molecule has 0 aliphatic rings. The van der Waals surface area contributed by atoms with Crippen molar-refractivity contribution in [2.75, 3.05) is 9.80 Å². The molecular formula is C54H40N4. The Labute approximate surface area is 340 Å². The summed E-state index contributed by atoms with van der Waals surface area (Å²) in [6, 6.07) is 67.2. The van der Waals surface area contributed by atoms with Gasteiger partial charge in [-0.3, -0.25) is 0 Å². The first kappa shape index (κ1) is 37.0. The number of para-hydroxylation sites is 2. The Balaban J connectivity index is 1.03. The minimum absolute atomic E-state index is 0.541. The molecule has 0 amide bonds. The zero-order valence-corrected chi connectivity index (χ0v) is 32.4. The summed E-state index contributed by atoms with van der Waals surface area (Å²) >= 11 is 0. The second kappa shape index (κ2) is 16.8.